The number of aromatic hydroxyl groups is 2. The van der Waals surface area contributed by atoms with Crippen LogP contribution in [0.2, 0.25) is 0 Å². The third-order valence-electron chi connectivity index (χ3n) is 4.32. The van der Waals surface area contributed by atoms with E-state index in [1.165, 1.54) is 0 Å². The zero-order valence-corrected chi connectivity index (χ0v) is 21.3. The zero-order valence-electron chi connectivity index (χ0n) is 21.3. The van der Waals surface area contributed by atoms with Crippen LogP contribution in [0.1, 0.15) is 62.3 Å². The zero-order chi connectivity index (χ0) is 24.1. The maximum absolute atomic E-state index is 8.63. The van der Waals surface area contributed by atoms with E-state index in [0.29, 0.717) is 29.7 Å². The van der Waals surface area contributed by atoms with E-state index in [1.807, 2.05) is 39.8 Å². The monoisotopic (exact) mass is 420 g/mol. The van der Waals surface area contributed by atoms with Gasteiger partial charge >= 0.3 is 0 Å². The highest BCUT2D eigenvalue weighted by Crippen LogP contribution is 2.08. The quantitative estimate of drug-likeness (QED) is 0.531. The molecule has 0 spiro atoms. The van der Waals surface area contributed by atoms with Crippen LogP contribution in [0, 0.1) is 0 Å². The van der Waals surface area contributed by atoms with Gasteiger partial charge in [0.15, 0.2) is 0 Å². The molecule has 0 aromatic heterocycles. The van der Waals surface area contributed by atoms with Gasteiger partial charge in [-0.1, -0.05) is 64.1 Å². The Balaban J connectivity index is -0.000000349. The Kier molecular flexibility index (Phi) is 23.6. The van der Waals surface area contributed by atoms with Crippen molar-refractivity contribution in [3.63, 3.8) is 0 Å². The van der Waals surface area contributed by atoms with Gasteiger partial charge in [-0.25, -0.2) is 0 Å². The summed E-state index contributed by atoms with van der Waals surface area (Å²) >= 11 is 0. The molecule has 30 heavy (non-hydrogen) atoms. The lowest BCUT2D eigenvalue weighted by Gasteiger charge is -2.37. The van der Waals surface area contributed by atoms with Crippen LogP contribution < -0.4 is 0 Å². The highest BCUT2D eigenvalue weighted by atomic mass is 16.3. The summed E-state index contributed by atoms with van der Waals surface area (Å²) in [5.41, 5.74) is 0. The summed E-state index contributed by atoms with van der Waals surface area (Å²) in [5.74, 6) is 0.644. The van der Waals surface area contributed by atoms with Crippen molar-refractivity contribution in [1.29, 1.82) is 0 Å². The average Bonchev–Trinajstić information content (AvgIpc) is 2.76. The van der Waals surface area contributed by atoms with Crippen molar-refractivity contribution in [3.8, 4) is 11.5 Å². The van der Waals surface area contributed by atoms with Crippen molar-refractivity contribution in [2.45, 2.75) is 80.6 Å². The molecule has 0 unspecified atom stereocenters. The minimum atomic E-state index is 0.322. The molecule has 0 fully saturated rings. The van der Waals surface area contributed by atoms with E-state index < -0.39 is 0 Å². The average molecular weight is 421 g/mol. The summed E-state index contributed by atoms with van der Waals surface area (Å²) in [7, 11) is 4.35. The van der Waals surface area contributed by atoms with Gasteiger partial charge in [-0.15, -0.1) is 0 Å². The molecule has 0 aliphatic heterocycles. The molecule has 0 atom stereocenters. The smallest absolute Gasteiger partial charge is 0.115 e. The van der Waals surface area contributed by atoms with Crippen molar-refractivity contribution in [1.82, 2.24) is 9.80 Å². The molecule has 0 bridgehead atoms. The molecular formula is C26H48N2O2. The Morgan fingerprint density at radius 1 is 0.533 bits per heavy atom. The topological polar surface area (TPSA) is 46.9 Å². The number of hydrogen-bond acceptors (Lipinski definition) is 4. The van der Waals surface area contributed by atoms with Gasteiger partial charge in [0, 0.05) is 12.1 Å². The van der Waals surface area contributed by atoms with Gasteiger partial charge in [0.1, 0.15) is 11.5 Å². The lowest BCUT2D eigenvalue weighted by Crippen LogP contribution is -2.48. The number of para-hydroxylation sites is 2. The Hall–Kier alpha value is -2.04. The van der Waals surface area contributed by atoms with E-state index in [9.17, 15) is 0 Å². The Bertz CT molecular complexity index is 508. The SMILES string of the molecule is CC.CC.CC(C)N(C)C(C)N(C)C(C)C.Oc1ccccc1.Oc1ccccc1. The molecule has 2 aromatic carbocycles. The summed E-state index contributed by atoms with van der Waals surface area (Å²) in [6.07, 6.45) is 0.519. The molecule has 0 heterocycles. The van der Waals surface area contributed by atoms with Crippen LogP contribution in [0.5, 0.6) is 11.5 Å². The van der Waals surface area contributed by atoms with Gasteiger partial charge in [-0.05, 0) is 73.0 Å². The number of phenols is 2. The van der Waals surface area contributed by atoms with Crippen molar-refractivity contribution < 1.29 is 10.2 Å². The van der Waals surface area contributed by atoms with Crippen molar-refractivity contribution >= 4 is 0 Å². The number of benzene rings is 2. The van der Waals surface area contributed by atoms with Crippen molar-refractivity contribution in [3.05, 3.63) is 60.7 Å². The molecule has 4 heteroatoms. The normalized spacial score (nSPS) is 9.60. The summed E-state index contributed by atoms with van der Waals surface area (Å²) in [6.45, 7) is 19.2. The molecule has 0 saturated heterocycles. The van der Waals surface area contributed by atoms with E-state index in [-0.39, 0.29) is 0 Å². The van der Waals surface area contributed by atoms with Crippen LogP contribution in [0.4, 0.5) is 0 Å². The maximum Gasteiger partial charge on any atom is 0.115 e. The molecule has 2 N–H and O–H groups in total. The van der Waals surface area contributed by atoms with Crippen LogP contribution in [-0.4, -0.2) is 52.4 Å². The third kappa shape index (κ3) is 18.0. The molecule has 2 rings (SSSR count). The van der Waals surface area contributed by atoms with Gasteiger partial charge < -0.3 is 10.2 Å². The summed E-state index contributed by atoms with van der Waals surface area (Å²) in [5, 5.41) is 17.3. The lowest BCUT2D eigenvalue weighted by molar-refractivity contribution is 0.0529. The fourth-order valence-corrected chi connectivity index (χ4v) is 2.01. The van der Waals surface area contributed by atoms with Gasteiger partial charge in [0.2, 0.25) is 0 Å². The number of nitrogens with zero attached hydrogens (tertiary/aromatic N) is 2. The second-order valence-electron chi connectivity index (χ2n) is 6.82. The second kappa shape index (κ2) is 21.7. The minimum absolute atomic E-state index is 0.322. The predicted octanol–water partition coefficient (Wildman–Crippen LogP) is 6.85. The second-order valence-corrected chi connectivity index (χ2v) is 6.82. The molecule has 0 radical (unpaired) electrons. The Morgan fingerprint density at radius 3 is 0.900 bits per heavy atom. The van der Waals surface area contributed by atoms with E-state index in [0.717, 1.165) is 0 Å². The molecule has 0 aliphatic carbocycles. The first-order chi connectivity index (χ1) is 14.2. The molecule has 2 aromatic rings. The standard InChI is InChI=1S/C10H24N2.2C6H6O.2C2H6/c1-8(2)11(6)10(5)12(7)9(3)4;2*7-6-4-2-1-3-5-6;2*1-2/h8-10H,1-7H3;2*1-5,7H;2*1-2H3. The van der Waals surface area contributed by atoms with Crippen LogP contribution in [0.15, 0.2) is 60.7 Å². The highest BCUT2D eigenvalue weighted by Gasteiger charge is 2.18. The van der Waals surface area contributed by atoms with E-state index in [4.69, 9.17) is 10.2 Å². The predicted molar refractivity (Wildman–Crippen MR) is 134 cm³/mol. The molecular weight excluding hydrogens is 372 g/mol. The molecule has 4 nitrogen and oxygen atoms in total. The first-order valence-electron chi connectivity index (χ1n) is 11.1. The van der Waals surface area contributed by atoms with Crippen molar-refractivity contribution in [2.75, 3.05) is 14.1 Å². The van der Waals surface area contributed by atoms with Crippen LogP contribution >= 0.6 is 0 Å². The van der Waals surface area contributed by atoms with E-state index in [1.54, 1.807) is 48.5 Å². The van der Waals surface area contributed by atoms with Gasteiger partial charge in [-0.2, -0.15) is 0 Å². The summed E-state index contributed by atoms with van der Waals surface area (Å²) in [6, 6.07) is 18.6. The fraction of sp³-hybridized carbons (Fsp3) is 0.538. The fourth-order valence-electron chi connectivity index (χ4n) is 2.01. The number of hydrogen-bond donors (Lipinski definition) is 2. The van der Waals surface area contributed by atoms with E-state index >= 15 is 0 Å². The maximum atomic E-state index is 8.63. The summed E-state index contributed by atoms with van der Waals surface area (Å²) < 4.78 is 0. The van der Waals surface area contributed by atoms with Gasteiger partial charge in [0.25, 0.3) is 0 Å². The third-order valence-corrected chi connectivity index (χ3v) is 4.32. The highest BCUT2D eigenvalue weighted by molar-refractivity contribution is 5.19. The van der Waals surface area contributed by atoms with Crippen LogP contribution in [0.25, 0.3) is 0 Å². The molecule has 0 saturated carbocycles. The molecule has 0 aliphatic rings. The molecule has 174 valence electrons. The first kappa shape index (κ1) is 32.6. The Labute approximate surface area is 187 Å². The summed E-state index contributed by atoms with van der Waals surface area (Å²) in [4.78, 5) is 4.75. The van der Waals surface area contributed by atoms with Gasteiger partial charge in [0.05, 0.1) is 6.17 Å². The van der Waals surface area contributed by atoms with Crippen LogP contribution in [-0.2, 0) is 0 Å². The van der Waals surface area contributed by atoms with Crippen molar-refractivity contribution in [2.24, 2.45) is 0 Å². The first-order valence-corrected chi connectivity index (χ1v) is 11.1. The van der Waals surface area contributed by atoms with Crippen LogP contribution in [0.3, 0.4) is 0 Å². The Morgan fingerprint density at radius 2 is 0.767 bits per heavy atom. The minimum Gasteiger partial charge on any atom is -0.508 e. The largest absolute Gasteiger partial charge is 0.508 e. The van der Waals surface area contributed by atoms with E-state index in [2.05, 4.69) is 58.5 Å². The van der Waals surface area contributed by atoms with Gasteiger partial charge in [-0.3, -0.25) is 9.80 Å². The molecule has 0 amide bonds. The number of rotatable bonds is 4. The lowest BCUT2D eigenvalue weighted by atomic mass is 10.2. The number of phenolic OH excluding ortho intramolecular Hbond substituents is 2.